The topological polar surface area (TPSA) is 43.8 Å². The Morgan fingerprint density at radius 1 is 1.11 bits per heavy atom. The largest absolute Gasteiger partial charge is 0.481 e. The molecule has 0 aromatic heterocycles. The molecule has 1 rings (SSSR count). The number of rotatable bonds is 4. The summed E-state index contributed by atoms with van der Waals surface area (Å²) < 4.78 is 0. The van der Waals surface area contributed by atoms with E-state index in [4.69, 9.17) is 9.90 Å². The van der Waals surface area contributed by atoms with Gasteiger partial charge < -0.3 is 14.9 Å². The minimum Gasteiger partial charge on any atom is -0.481 e. The van der Waals surface area contributed by atoms with Crippen LogP contribution in [0.25, 0.3) is 0 Å². The van der Waals surface area contributed by atoms with E-state index < -0.39 is 5.97 Å². The van der Waals surface area contributed by atoms with Crippen molar-refractivity contribution in [3.63, 3.8) is 0 Å². The summed E-state index contributed by atoms with van der Waals surface area (Å²) in [4.78, 5) is 13.3. The molecule has 1 aromatic carbocycles. The fourth-order valence-corrected chi connectivity index (χ4v) is 1.44. The average Bonchev–Trinajstić information content (AvgIpc) is 2.14. The third-order valence-corrected chi connectivity index (χ3v) is 1.89. The van der Waals surface area contributed by atoms with Crippen molar-refractivity contribution in [3.05, 3.63) is 35.4 Å². The fraction of sp³-hybridized carbons (Fsp3) is 0.500. The molecule has 0 saturated carbocycles. The number of carboxylic acids is 1. The minimum atomic E-state index is -0.833. The van der Waals surface area contributed by atoms with Crippen LogP contribution >= 0.6 is 0 Å². The summed E-state index contributed by atoms with van der Waals surface area (Å²) >= 11 is 0. The minimum absolute atomic E-state index is 0. The van der Waals surface area contributed by atoms with E-state index >= 15 is 0 Å². The fourth-order valence-electron chi connectivity index (χ4n) is 1.44. The van der Waals surface area contributed by atoms with Crippen molar-refractivity contribution in [1.29, 1.82) is 0 Å². The summed E-state index contributed by atoms with van der Waals surface area (Å²) in [7, 11) is 8.30. The molecular formula is C14H23N2O2Pd-. The second kappa shape index (κ2) is 11.1. The molecule has 5 heteroatoms. The molecule has 0 aliphatic rings. The summed E-state index contributed by atoms with van der Waals surface area (Å²) in [5, 5.41) is 7.42. The van der Waals surface area contributed by atoms with E-state index in [0.717, 1.165) is 20.0 Å². The molecule has 0 aliphatic carbocycles. The van der Waals surface area contributed by atoms with Crippen LogP contribution in [0.1, 0.15) is 18.1 Å². The normalized spacial score (nSPS) is 9.63. The molecule has 112 valence electrons. The molecule has 4 nitrogen and oxygen atoms in total. The Morgan fingerprint density at radius 3 is 1.68 bits per heavy atom. The van der Waals surface area contributed by atoms with Crippen molar-refractivity contribution in [3.8, 4) is 0 Å². The van der Waals surface area contributed by atoms with Gasteiger partial charge in [-0.3, -0.25) is 4.79 Å². The number of hydrogen-bond acceptors (Lipinski definition) is 3. The quantitative estimate of drug-likeness (QED) is 0.658. The van der Waals surface area contributed by atoms with E-state index in [9.17, 15) is 0 Å². The maximum atomic E-state index is 9.00. The first-order chi connectivity index (χ1) is 8.31. The molecule has 0 unspecified atom stereocenters. The summed E-state index contributed by atoms with van der Waals surface area (Å²) in [6.07, 6.45) is 0. The predicted molar refractivity (Wildman–Crippen MR) is 73.4 cm³/mol. The van der Waals surface area contributed by atoms with Gasteiger partial charge in [-0.1, -0.05) is 0 Å². The SMILES string of the molecule is CC(=O)O.CN(C)Cc1[c-]c(CN(C)C)ccc1.[Pd]. The number of benzene rings is 1. The van der Waals surface area contributed by atoms with Crippen LogP contribution in [0.3, 0.4) is 0 Å². The monoisotopic (exact) mass is 357 g/mol. The molecule has 0 heterocycles. The van der Waals surface area contributed by atoms with Gasteiger partial charge in [-0.25, -0.2) is 0 Å². The van der Waals surface area contributed by atoms with Gasteiger partial charge in [0.1, 0.15) is 0 Å². The van der Waals surface area contributed by atoms with Gasteiger partial charge >= 0.3 is 0 Å². The van der Waals surface area contributed by atoms with Crippen LogP contribution < -0.4 is 0 Å². The Balaban J connectivity index is 0. The second-order valence-corrected chi connectivity index (χ2v) is 4.70. The Labute approximate surface area is 130 Å². The number of nitrogens with zero attached hydrogens (tertiary/aromatic N) is 2. The standard InChI is InChI=1S/C12H19N2.C2H4O2.Pd/c1-13(2)9-11-6-5-7-12(8-11)10-14(3)4;1-2(3)4;/h5-7H,9-10H2,1-4H3;1H3,(H,3,4);/q-1;;. The van der Waals surface area contributed by atoms with Gasteiger partial charge in [0.05, 0.1) is 0 Å². The molecule has 19 heavy (non-hydrogen) atoms. The average molecular weight is 358 g/mol. The maximum absolute atomic E-state index is 9.00. The van der Waals surface area contributed by atoms with Gasteiger partial charge in [0.15, 0.2) is 0 Å². The molecule has 1 aromatic rings. The summed E-state index contributed by atoms with van der Waals surface area (Å²) in [6, 6.07) is 9.78. The Bertz CT molecular complexity index is 339. The van der Waals surface area contributed by atoms with E-state index in [0.29, 0.717) is 0 Å². The van der Waals surface area contributed by atoms with E-state index in [1.165, 1.54) is 11.1 Å². The first-order valence-corrected chi connectivity index (χ1v) is 5.80. The molecular weight excluding hydrogens is 335 g/mol. The van der Waals surface area contributed by atoms with Crippen molar-refractivity contribution in [1.82, 2.24) is 9.80 Å². The number of carboxylic acid groups (broad SMARTS) is 1. The van der Waals surface area contributed by atoms with Crippen molar-refractivity contribution in [2.24, 2.45) is 0 Å². The molecule has 1 N–H and O–H groups in total. The van der Waals surface area contributed by atoms with E-state index in [2.05, 4.69) is 62.3 Å². The second-order valence-electron chi connectivity index (χ2n) is 4.70. The zero-order valence-electron chi connectivity index (χ0n) is 12.2. The zero-order chi connectivity index (χ0) is 14.1. The number of carbonyl (C=O) groups is 1. The van der Waals surface area contributed by atoms with Gasteiger partial charge in [0, 0.05) is 40.4 Å². The van der Waals surface area contributed by atoms with Gasteiger partial charge in [-0.2, -0.15) is 24.3 Å². The molecule has 0 atom stereocenters. The maximum Gasteiger partial charge on any atom is 0.300 e. The first kappa shape index (κ1) is 20.6. The molecule has 0 aliphatic heterocycles. The molecule has 0 fully saturated rings. The Kier molecular flexibility index (Phi) is 12.1. The van der Waals surface area contributed by atoms with Crippen molar-refractivity contribution in [2.45, 2.75) is 20.0 Å². The van der Waals surface area contributed by atoms with Gasteiger partial charge in [0.2, 0.25) is 0 Å². The van der Waals surface area contributed by atoms with Crippen LogP contribution in [0.4, 0.5) is 0 Å². The van der Waals surface area contributed by atoms with E-state index in [1.54, 1.807) is 0 Å². The van der Waals surface area contributed by atoms with Gasteiger partial charge in [-0.05, 0) is 28.2 Å². The molecule has 0 bridgehead atoms. The zero-order valence-corrected chi connectivity index (χ0v) is 13.8. The molecule has 0 saturated heterocycles. The molecule has 0 spiro atoms. The number of aliphatic carboxylic acids is 1. The van der Waals surface area contributed by atoms with Crippen LogP contribution in [0, 0.1) is 6.07 Å². The van der Waals surface area contributed by atoms with Gasteiger partial charge in [-0.15, -0.1) is 11.1 Å². The summed E-state index contributed by atoms with van der Waals surface area (Å²) in [5.41, 5.74) is 2.52. The van der Waals surface area contributed by atoms with Gasteiger partial charge in [0.25, 0.3) is 5.97 Å². The van der Waals surface area contributed by atoms with Crippen LogP contribution in [0.2, 0.25) is 0 Å². The van der Waals surface area contributed by atoms with E-state index in [-0.39, 0.29) is 20.4 Å². The summed E-state index contributed by atoms with van der Waals surface area (Å²) in [5.74, 6) is -0.833. The van der Waals surface area contributed by atoms with Crippen LogP contribution in [0.5, 0.6) is 0 Å². The third-order valence-electron chi connectivity index (χ3n) is 1.89. The summed E-state index contributed by atoms with van der Waals surface area (Å²) in [6.45, 7) is 3.00. The van der Waals surface area contributed by atoms with Crippen LogP contribution in [0.15, 0.2) is 18.2 Å². The van der Waals surface area contributed by atoms with Crippen molar-refractivity contribution >= 4 is 5.97 Å². The Hall–Kier alpha value is -0.728. The molecule has 0 radical (unpaired) electrons. The molecule has 0 amide bonds. The van der Waals surface area contributed by atoms with Crippen molar-refractivity contribution in [2.75, 3.05) is 28.2 Å². The predicted octanol–water partition coefficient (Wildman–Crippen LogP) is 1.70. The van der Waals surface area contributed by atoms with E-state index in [1.807, 2.05) is 0 Å². The third kappa shape index (κ3) is 13.5. The number of hydrogen-bond donors (Lipinski definition) is 1. The van der Waals surface area contributed by atoms with Crippen LogP contribution in [-0.2, 0) is 38.3 Å². The smallest absolute Gasteiger partial charge is 0.300 e. The van der Waals surface area contributed by atoms with Crippen LogP contribution in [-0.4, -0.2) is 49.1 Å². The first-order valence-electron chi connectivity index (χ1n) is 5.80. The Morgan fingerprint density at radius 2 is 1.42 bits per heavy atom. The van der Waals surface area contributed by atoms with Crippen molar-refractivity contribution < 1.29 is 30.3 Å².